The Hall–Kier alpha value is -3.46. The van der Waals surface area contributed by atoms with Gasteiger partial charge in [-0.25, -0.2) is 4.57 Å². The maximum Gasteiger partial charge on any atom is 0.472 e. The lowest BCUT2D eigenvalue weighted by Gasteiger charge is -2.48. The smallest absolute Gasteiger partial charge is 0.462 e. The van der Waals surface area contributed by atoms with Crippen LogP contribution in [0, 0.1) is 0 Å². The van der Waals surface area contributed by atoms with Crippen molar-refractivity contribution < 1.29 is 126 Å². The van der Waals surface area contributed by atoms with Gasteiger partial charge in [-0.2, -0.15) is 0 Å². The minimum absolute atomic E-state index is 0.0341. The van der Waals surface area contributed by atoms with Crippen molar-refractivity contribution in [2.45, 2.75) is 344 Å². The van der Waals surface area contributed by atoms with E-state index in [0.717, 1.165) is 84.0 Å². The van der Waals surface area contributed by atoms with E-state index < -0.39 is 157 Å². The number of phosphoric ester groups is 1. The number of phosphoric acid groups is 1. The minimum atomic E-state index is -4.73. The number of aliphatic hydroxyl groups excluding tert-OH is 9. The number of hydrogen-bond donors (Lipinski definition) is 12. The number of amides is 2. The van der Waals surface area contributed by atoms with Crippen LogP contribution in [0.3, 0.4) is 0 Å². The van der Waals surface area contributed by atoms with E-state index in [0.29, 0.717) is 38.5 Å². The zero-order valence-corrected chi connectivity index (χ0v) is 60.8. The number of aliphatic hydroxyl groups is 9. The average Bonchev–Trinajstić information content (AvgIpc) is 0.781. The van der Waals surface area contributed by atoms with Crippen molar-refractivity contribution in [3.05, 3.63) is 24.3 Å². The molecule has 0 aromatic heterocycles. The molecule has 29 heteroatoms. The van der Waals surface area contributed by atoms with Crippen molar-refractivity contribution in [2.24, 2.45) is 0 Å². The molecule has 3 heterocycles. The van der Waals surface area contributed by atoms with Gasteiger partial charge in [-0.15, -0.1) is 0 Å². The highest BCUT2D eigenvalue weighted by Crippen LogP contribution is 2.43. The highest BCUT2D eigenvalue weighted by molar-refractivity contribution is 7.47. The van der Waals surface area contributed by atoms with Gasteiger partial charge in [-0.3, -0.25) is 33.0 Å². The van der Waals surface area contributed by atoms with Gasteiger partial charge in [-0.05, 0) is 89.9 Å². The number of esters is 2. The molecule has 3 aliphatic rings. The largest absolute Gasteiger partial charge is 0.472 e. The first-order valence-corrected chi connectivity index (χ1v) is 38.8. The predicted octanol–water partition coefficient (Wildman–Crippen LogP) is 6.67. The fraction of sp³-hybridized carbons (Fsp3) is 0.873. The van der Waals surface area contributed by atoms with E-state index in [-0.39, 0.29) is 63.6 Å². The number of unbranched alkanes of at least 4 members (excludes halogenated alkanes) is 24. The van der Waals surface area contributed by atoms with Gasteiger partial charge in [0.15, 0.2) is 25.0 Å². The van der Waals surface area contributed by atoms with E-state index in [4.69, 9.17) is 46.9 Å². The molecule has 0 bridgehead atoms. The number of hydrogen-bond acceptors (Lipinski definition) is 25. The molecule has 7 unspecified atom stereocenters. The SMILES string of the molecule is CCCCCCCC/C=C\CCCCCCCC(=O)OC[C@H](COP(=O)(O)OCCNC(=O)CCCCC(=O)CCCCO[C@@H]1OC(CO)[C@@H](O[C@@H]2OC(CO)[C@H](O)[C@H](O[C@H]3OC(CO)[C@H](O)[C@H](O)C3O)C2O)[C@H](O)C1NC(C)=O)OC(=O)CCCCCCC/C=C\CCCCCCCC. The molecule has 582 valence electrons. The predicted molar refractivity (Wildman–Crippen MR) is 368 cm³/mol. The van der Waals surface area contributed by atoms with Crippen LogP contribution in [-0.4, -0.2) is 231 Å². The number of allylic oxidation sites excluding steroid dienone is 4. The fourth-order valence-corrected chi connectivity index (χ4v) is 12.6. The van der Waals surface area contributed by atoms with Crippen LogP contribution in [0.15, 0.2) is 24.3 Å². The van der Waals surface area contributed by atoms with Crippen LogP contribution in [0.25, 0.3) is 0 Å². The number of ether oxygens (including phenoxy) is 8. The van der Waals surface area contributed by atoms with Crippen molar-refractivity contribution in [2.75, 3.05) is 52.8 Å². The topological polar surface area (TPSA) is 421 Å². The summed E-state index contributed by atoms with van der Waals surface area (Å²) in [5.74, 6) is -2.12. The first-order valence-electron chi connectivity index (χ1n) is 37.3. The second kappa shape index (κ2) is 55.1. The lowest BCUT2D eigenvalue weighted by Crippen LogP contribution is -2.68. The van der Waals surface area contributed by atoms with Crippen molar-refractivity contribution in [3.8, 4) is 0 Å². The number of carbonyl (C=O) groups excluding carboxylic acids is 5. The highest BCUT2D eigenvalue weighted by atomic mass is 31.2. The zero-order chi connectivity index (χ0) is 73.3. The number of ketones is 1. The van der Waals surface area contributed by atoms with Crippen LogP contribution in [0.1, 0.15) is 245 Å². The maximum atomic E-state index is 13.0. The van der Waals surface area contributed by atoms with Crippen LogP contribution < -0.4 is 10.6 Å². The van der Waals surface area contributed by atoms with E-state index >= 15 is 0 Å². The molecule has 0 aromatic carbocycles. The molecule has 0 spiro atoms. The summed E-state index contributed by atoms with van der Waals surface area (Å²) in [6.45, 7) is 1.59. The summed E-state index contributed by atoms with van der Waals surface area (Å²) in [5.41, 5.74) is 0. The lowest BCUT2D eigenvalue weighted by atomic mass is 9.95. The second-order valence-electron chi connectivity index (χ2n) is 26.5. The Kier molecular flexibility index (Phi) is 50.0. The molecule has 3 fully saturated rings. The van der Waals surface area contributed by atoms with Gasteiger partial charge < -0.3 is 99.4 Å². The summed E-state index contributed by atoms with van der Waals surface area (Å²) in [6.07, 6.45) is 15.1. The molecular weight excluding hydrogens is 1330 g/mol. The molecule has 0 radical (unpaired) electrons. The Morgan fingerprint density at radius 1 is 0.470 bits per heavy atom. The Balaban J connectivity index is 1.37. The van der Waals surface area contributed by atoms with Gasteiger partial charge in [-0.1, -0.05) is 141 Å². The standard InChI is InChI=1S/C71H127N2O26P/c1-4-6-8-10-12-14-16-18-20-22-24-26-28-30-32-41-58(80)91-49-53(94-59(81)42-33-31-29-27-25-23-21-19-17-15-13-11-9-7-5-2)50-93-100(88,89)92-45-43-72-57(79)40-35-34-38-52(78)39-36-37-44-90-69-60(73-51(3)77)63(84)67(56(48-76)97-69)98-71-66(87)68(62(83)55(47-75)96-71)99-70-65(86)64(85)61(82)54(46-74)95-70/h18-21,53-56,60-71,74-76,82-87H,4-17,22-50H2,1-3H3,(H,72,79)(H,73,77)(H,88,89)/b20-18-,21-19-/t53-,54?,55?,56?,60?,61+,62+,63-,64+,65?,66?,67-,68+,69-,70-,71+/m1/s1. The monoisotopic (exact) mass is 1450 g/mol. The maximum absolute atomic E-state index is 13.0. The lowest BCUT2D eigenvalue weighted by molar-refractivity contribution is -0.376. The van der Waals surface area contributed by atoms with E-state index in [9.17, 15) is 79.4 Å². The second-order valence-corrected chi connectivity index (χ2v) is 28.0. The Bertz CT molecular complexity index is 2290. The first kappa shape index (κ1) is 90.8. The molecule has 0 aliphatic carbocycles. The van der Waals surface area contributed by atoms with Gasteiger partial charge in [0.05, 0.1) is 33.0 Å². The molecule has 100 heavy (non-hydrogen) atoms. The van der Waals surface area contributed by atoms with E-state index in [1.807, 2.05) is 0 Å². The molecule has 12 N–H and O–H groups in total. The van der Waals surface area contributed by atoms with E-state index in [1.165, 1.54) is 77.0 Å². The number of rotatable bonds is 59. The van der Waals surface area contributed by atoms with Crippen LogP contribution in [0.4, 0.5) is 0 Å². The molecule has 17 atom stereocenters. The van der Waals surface area contributed by atoms with Crippen molar-refractivity contribution in [3.63, 3.8) is 0 Å². The summed E-state index contributed by atoms with van der Waals surface area (Å²) in [5, 5.41) is 100.0. The van der Waals surface area contributed by atoms with Crippen LogP contribution in [-0.2, 0) is 75.5 Å². The minimum Gasteiger partial charge on any atom is -0.462 e. The summed E-state index contributed by atoms with van der Waals surface area (Å²) in [6, 6.07) is -1.34. The third-order valence-corrected chi connectivity index (χ3v) is 18.8. The zero-order valence-electron chi connectivity index (χ0n) is 59.9. The normalized spacial score (nSPS) is 26.6. The molecule has 2 amide bonds. The fourth-order valence-electron chi connectivity index (χ4n) is 11.9. The molecular formula is C71H127N2O26P. The summed E-state index contributed by atoms with van der Waals surface area (Å²) in [4.78, 5) is 73.9. The van der Waals surface area contributed by atoms with Crippen molar-refractivity contribution >= 4 is 37.4 Å². The Labute approximate surface area is 592 Å². The third kappa shape index (κ3) is 38.5. The van der Waals surface area contributed by atoms with Crippen molar-refractivity contribution in [1.82, 2.24) is 10.6 Å². The van der Waals surface area contributed by atoms with Gasteiger partial charge in [0, 0.05) is 52.2 Å². The summed E-state index contributed by atoms with van der Waals surface area (Å²) in [7, 11) is -4.73. The molecule has 3 rings (SSSR count). The number of Topliss-reactive ketones (excluding diaryl/α,β-unsaturated/α-hetero) is 1. The first-order chi connectivity index (χ1) is 48.2. The summed E-state index contributed by atoms with van der Waals surface area (Å²) < 4.78 is 68.5. The average molecular weight is 1460 g/mol. The van der Waals surface area contributed by atoms with E-state index in [2.05, 4.69) is 48.8 Å². The Morgan fingerprint density at radius 3 is 1.47 bits per heavy atom. The van der Waals surface area contributed by atoms with Gasteiger partial charge in [0.25, 0.3) is 0 Å². The summed E-state index contributed by atoms with van der Waals surface area (Å²) >= 11 is 0. The molecule has 0 aromatic rings. The van der Waals surface area contributed by atoms with E-state index in [1.54, 1.807) is 0 Å². The molecule has 3 saturated heterocycles. The van der Waals surface area contributed by atoms with Crippen LogP contribution >= 0.6 is 7.82 Å². The van der Waals surface area contributed by atoms with Gasteiger partial charge >= 0.3 is 19.8 Å². The quantitative estimate of drug-likeness (QED) is 0.0131. The molecule has 0 saturated carbocycles. The molecule has 3 aliphatic heterocycles. The van der Waals surface area contributed by atoms with Crippen LogP contribution in [0.2, 0.25) is 0 Å². The third-order valence-electron chi connectivity index (χ3n) is 17.8. The Morgan fingerprint density at radius 2 is 0.930 bits per heavy atom. The molecule has 28 nitrogen and oxygen atoms in total. The number of nitrogens with one attached hydrogen (secondary N) is 2. The van der Waals surface area contributed by atoms with Crippen molar-refractivity contribution in [1.29, 1.82) is 0 Å². The highest BCUT2D eigenvalue weighted by Gasteiger charge is 2.54. The van der Waals surface area contributed by atoms with Gasteiger partial charge in [0.1, 0.15) is 85.6 Å². The van der Waals surface area contributed by atoms with Crippen LogP contribution in [0.5, 0.6) is 0 Å². The number of carbonyl (C=O) groups is 5. The van der Waals surface area contributed by atoms with Gasteiger partial charge in [0.2, 0.25) is 11.8 Å².